The number of amides is 4. The number of nitrogens with two attached hydrogens (primary N) is 2. The lowest BCUT2D eigenvalue weighted by atomic mass is 9.98. The van der Waals surface area contributed by atoms with Gasteiger partial charge in [-0.1, -0.05) is 0 Å². The Labute approximate surface area is 692 Å². The number of hydrogen-bond acceptors (Lipinski definition) is 25. The Balaban J connectivity index is 0.000000436. The molecule has 0 aromatic heterocycles. The van der Waals surface area contributed by atoms with Crippen LogP contribution in [0.2, 0.25) is 0 Å². The van der Waals surface area contributed by atoms with E-state index in [4.69, 9.17) is 69.2 Å². The van der Waals surface area contributed by atoms with Crippen molar-refractivity contribution in [1.82, 2.24) is 54.3 Å². The van der Waals surface area contributed by atoms with Crippen molar-refractivity contribution in [3.63, 3.8) is 0 Å². The van der Waals surface area contributed by atoms with Crippen LogP contribution in [0.4, 0.5) is 0 Å². The number of carbonyl (C=O) groups is 4. The molecule has 10 aliphatic heterocycles. The van der Waals surface area contributed by atoms with Gasteiger partial charge in [-0.2, -0.15) is 5.26 Å². The van der Waals surface area contributed by atoms with Gasteiger partial charge in [-0.3, -0.25) is 63.3 Å². The number of aliphatic hydroxyl groups is 1. The number of primary amides is 2. The van der Waals surface area contributed by atoms with Crippen LogP contribution < -0.4 is 16.8 Å². The maximum atomic E-state index is 12.0. The third-order valence-corrected chi connectivity index (χ3v) is 21.7. The van der Waals surface area contributed by atoms with E-state index in [1.54, 1.807) is 7.11 Å². The Kier molecular flexibility index (Phi) is 51.9. The predicted octanol–water partition coefficient (Wildman–Crippen LogP) is 6.13. The first-order chi connectivity index (χ1) is 53.4. The SMILES string of the molecule is CC(=O)NCC1CN(C(C)C)CCO1.CC(C)N1CC(C)(C)OC(C)(C)C1.CC(C)N1CCOC(C(N)=O)C1.CC(C)N1CCOC(CC(=O)N2CCCC2)C1.CC(C)N1CCOCC1C#N.CC(C)N1CCOCC1C(N)=O.CC(C)N1CCOCC1CO.CC1CN(C(C)C)CC(C)(C)O1.COCC1CN(C(C)C)CCO1. The van der Waals surface area contributed by atoms with Gasteiger partial charge in [-0.05, 0) is 186 Å². The minimum absolute atomic E-state index is 0.00792. The number of carbonyl (C=O) groups excluding carboxylic acids is 4. The predicted molar refractivity (Wildman–Crippen MR) is 455 cm³/mol. The maximum Gasteiger partial charge on any atom is 0.247 e. The number of nitriles is 1. The van der Waals surface area contributed by atoms with Crippen molar-refractivity contribution in [3.05, 3.63) is 0 Å². The normalized spacial score (nSPS) is 26.9. The number of likely N-dealkylation sites (tertiary alicyclic amines) is 1. The van der Waals surface area contributed by atoms with Crippen LogP contribution in [-0.2, 0) is 66.5 Å². The lowest BCUT2D eigenvalue weighted by molar-refractivity contribution is -0.185. The van der Waals surface area contributed by atoms with Crippen LogP contribution in [0, 0.1) is 11.3 Å². The van der Waals surface area contributed by atoms with E-state index in [0.29, 0.717) is 120 Å². The topological polar surface area (TPSA) is 301 Å². The quantitative estimate of drug-likeness (QED) is 0.120. The fourth-order valence-electron chi connectivity index (χ4n) is 15.5. The van der Waals surface area contributed by atoms with Crippen LogP contribution in [0.25, 0.3) is 0 Å². The summed E-state index contributed by atoms with van der Waals surface area (Å²) in [6.07, 6.45) is 3.35. The Morgan fingerprint density at radius 1 is 0.491 bits per heavy atom. The molecule has 0 spiro atoms. The molecule has 10 rings (SSSR count). The van der Waals surface area contributed by atoms with Crippen molar-refractivity contribution in [2.75, 3.05) is 204 Å². The second-order valence-electron chi connectivity index (χ2n) is 36.2. The van der Waals surface area contributed by atoms with Gasteiger partial charge in [0, 0.05) is 186 Å². The lowest BCUT2D eigenvalue weighted by Crippen LogP contribution is -2.58. The second kappa shape index (κ2) is 55.5. The fraction of sp³-hybridized carbons (Fsp3) is 0.941. The van der Waals surface area contributed by atoms with Crippen molar-refractivity contribution in [2.45, 2.75) is 319 Å². The van der Waals surface area contributed by atoms with Crippen molar-refractivity contribution < 1.29 is 71.7 Å². The van der Waals surface area contributed by atoms with E-state index < -0.39 is 6.10 Å². The van der Waals surface area contributed by atoms with Gasteiger partial charge in [0.05, 0.1) is 139 Å². The summed E-state index contributed by atoms with van der Waals surface area (Å²) in [7, 11) is 1.72. The third kappa shape index (κ3) is 43.2. The van der Waals surface area contributed by atoms with E-state index in [2.05, 4.69) is 229 Å². The highest BCUT2D eigenvalue weighted by molar-refractivity contribution is 5.80. The van der Waals surface area contributed by atoms with Crippen LogP contribution in [0.1, 0.15) is 199 Å². The zero-order valence-corrected chi connectivity index (χ0v) is 76.9. The first-order valence-electron chi connectivity index (χ1n) is 43.3. The van der Waals surface area contributed by atoms with Crippen LogP contribution in [-0.4, -0.2) is 402 Å². The highest BCUT2D eigenvalue weighted by Crippen LogP contribution is 2.29. The first-order valence-corrected chi connectivity index (χ1v) is 43.3. The fourth-order valence-corrected chi connectivity index (χ4v) is 15.5. The second-order valence-corrected chi connectivity index (χ2v) is 36.2. The molecule has 0 bridgehead atoms. The average molecular weight is 1630 g/mol. The van der Waals surface area contributed by atoms with Gasteiger partial charge in [0.1, 0.15) is 18.2 Å². The minimum atomic E-state index is -0.416. The third-order valence-electron chi connectivity index (χ3n) is 21.7. The number of methoxy groups -OCH3 is 1. The molecule has 0 aliphatic carbocycles. The molecule has 0 aromatic rings. The molecule has 10 saturated heterocycles. The molecule has 10 fully saturated rings. The number of hydrogen-bond donors (Lipinski definition) is 4. The molecule has 0 aromatic carbocycles. The summed E-state index contributed by atoms with van der Waals surface area (Å²) in [5.41, 5.74) is 10.4. The van der Waals surface area contributed by atoms with Crippen molar-refractivity contribution in [2.24, 2.45) is 11.5 Å². The molecule has 4 amide bonds. The van der Waals surface area contributed by atoms with Gasteiger partial charge < -0.3 is 74.2 Å². The van der Waals surface area contributed by atoms with Gasteiger partial charge in [0.2, 0.25) is 23.6 Å². The first kappa shape index (κ1) is 107. The summed E-state index contributed by atoms with van der Waals surface area (Å²) < 4.78 is 54.5. The zero-order valence-electron chi connectivity index (χ0n) is 76.9. The van der Waals surface area contributed by atoms with Crippen LogP contribution in [0.3, 0.4) is 0 Å². The molecule has 114 heavy (non-hydrogen) atoms. The largest absolute Gasteiger partial charge is 0.395 e. The van der Waals surface area contributed by atoms with Crippen molar-refractivity contribution in [1.29, 1.82) is 5.26 Å². The average Bonchev–Trinajstić information content (AvgIpc) is 0.805. The zero-order chi connectivity index (χ0) is 86.2. The molecule has 0 radical (unpaired) electrons. The van der Waals surface area contributed by atoms with Crippen LogP contribution in [0.5, 0.6) is 0 Å². The Bertz CT molecular complexity index is 2620. The molecule has 29 heteroatoms. The molecule has 29 nitrogen and oxygen atoms in total. The summed E-state index contributed by atoms with van der Waals surface area (Å²) in [4.78, 5) is 67.4. The van der Waals surface area contributed by atoms with E-state index in [-0.39, 0.29) is 83.5 Å². The highest BCUT2D eigenvalue weighted by Gasteiger charge is 2.40. The van der Waals surface area contributed by atoms with Crippen LogP contribution >= 0.6 is 0 Å². The minimum Gasteiger partial charge on any atom is -0.395 e. The number of rotatable bonds is 18. The van der Waals surface area contributed by atoms with E-state index in [1.807, 2.05) is 4.90 Å². The Hall–Kier alpha value is -3.43. The number of nitrogens with one attached hydrogen (secondary N) is 1. The summed E-state index contributed by atoms with van der Waals surface area (Å²) in [6.45, 7) is 80.2. The van der Waals surface area contributed by atoms with Crippen molar-refractivity contribution >= 4 is 23.6 Å². The van der Waals surface area contributed by atoms with E-state index in [9.17, 15) is 19.2 Å². The smallest absolute Gasteiger partial charge is 0.247 e. The number of nitrogens with zero attached hydrogens (tertiary/aromatic N) is 11. The summed E-state index contributed by atoms with van der Waals surface area (Å²) >= 11 is 0. The number of ether oxygens (including phenoxy) is 10. The molecule has 8 unspecified atom stereocenters. The molecule has 8 atom stereocenters. The van der Waals surface area contributed by atoms with Crippen LogP contribution in [0.15, 0.2) is 0 Å². The van der Waals surface area contributed by atoms with Gasteiger partial charge in [0.25, 0.3) is 0 Å². The molecular weight excluding hydrogens is 1460 g/mol. The molecular formula is C85H170N14O15. The number of morpholine rings is 9. The standard InChI is InChI=1S/C13H24N2O2.C11H23NO.C10H20N2O2.C10H21NO.C9H19NO2.2C8H16N2O2.C8H14N2O.C8H17NO2/c1-11(2)15-7-8-17-12(10-15)9-13(16)14-5-3-4-6-14;1-9(2)12-7-10(3,4)13-11(5,6)8-12;1-8(2)12-4-5-14-10(7-12)6-11-9(3)13;1-8(2)11-6-9(3)12-10(4,5)7-11;1-8(2)10-4-5-12-9(6-10)7-11-3;1-6(2)10-3-4-12-5-7(10)8(9)11;1-6(2)10-3-4-12-7(5-10)8(9)11;1-7(2)10-3-4-11-6-8(10)5-9;1-7(2)9-3-4-11-6-8(9)5-10/h11-12H,3-10H2,1-2H3;9H,7-8H2,1-6H3;8,10H,4-7H2,1-3H3,(H,11,13);8-9H,6-7H2,1-5H3;8-9H,4-7H2,1-3H3;2*6-7H,3-5H2,1-2H3,(H2,9,11);7-8H,3-4,6H2,1-2H3;7-8,10H,3-6H2,1-2H3. The van der Waals surface area contributed by atoms with Crippen molar-refractivity contribution in [3.8, 4) is 6.07 Å². The molecule has 10 aliphatic rings. The van der Waals surface area contributed by atoms with Gasteiger partial charge >= 0.3 is 0 Å². The Morgan fingerprint density at radius 3 is 1.32 bits per heavy atom. The van der Waals surface area contributed by atoms with Gasteiger partial charge in [-0.25, -0.2) is 0 Å². The Morgan fingerprint density at radius 2 is 0.912 bits per heavy atom. The molecule has 670 valence electrons. The van der Waals surface area contributed by atoms with E-state index in [0.717, 1.165) is 151 Å². The molecule has 0 saturated carbocycles. The summed E-state index contributed by atoms with van der Waals surface area (Å²) in [5.74, 6) is -0.364. The van der Waals surface area contributed by atoms with E-state index >= 15 is 0 Å². The summed E-state index contributed by atoms with van der Waals surface area (Å²) in [6, 6.07) is 6.90. The highest BCUT2D eigenvalue weighted by atomic mass is 16.5. The van der Waals surface area contributed by atoms with E-state index in [1.165, 1.54) is 6.92 Å². The lowest BCUT2D eigenvalue weighted by Gasteiger charge is -2.48. The molecule has 6 N–H and O–H groups in total. The van der Waals surface area contributed by atoms with Gasteiger partial charge in [0.15, 0.2) is 0 Å². The van der Waals surface area contributed by atoms with Gasteiger partial charge in [-0.15, -0.1) is 0 Å². The monoisotopic (exact) mass is 1630 g/mol. The maximum absolute atomic E-state index is 12.0. The summed E-state index contributed by atoms with van der Waals surface area (Å²) in [5, 5.41) is 20.5. The number of aliphatic hydroxyl groups excluding tert-OH is 1. The molecule has 10 heterocycles.